The average molecular weight is 673 g/mol. The number of nitrogens with zero attached hydrogens (tertiary/aromatic N) is 4. The van der Waals surface area contributed by atoms with Crippen LogP contribution in [0.1, 0.15) is 19.2 Å². The highest BCUT2D eigenvalue weighted by Gasteiger charge is 2.18. The van der Waals surface area contributed by atoms with Crippen molar-refractivity contribution in [2.75, 3.05) is 4.90 Å². The van der Waals surface area contributed by atoms with E-state index in [0.717, 1.165) is 36.9 Å². The Labute approximate surface area is 314 Å². The summed E-state index contributed by atoms with van der Waals surface area (Å²) in [6.07, 6.45) is 0. The normalized spacial score (nSPS) is 15.1. The zero-order valence-corrected chi connectivity index (χ0v) is 26.8. The van der Waals surface area contributed by atoms with Gasteiger partial charge in [0, 0.05) is 53.9 Å². The second-order valence-corrected chi connectivity index (χ2v) is 12.1. The maximum atomic E-state index is 9.31. The van der Waals surface area contributed by atoms with Gasteiger partial charge >= 0.3 is 0 Å². The monoisotopic (exact) mass is 672 g/mol. The Morgan fingerprint density at radius 2 is 1.00 bits per heavy atom. The molecule has 2 aromatic heterocycles. The number of rotatable bonds is 7. The molecule has 0 fully saturated rings. The number of anilines is 3. The molecule has 0 atom stereocenters. The van der Waals surface area contributed by atoms with Crippen molar-refractivity contribution in [2.45, 2.75) is 0 Å². The first-order chi connectivity index (χ1) is 30.6. The molecule has 0 N–H and O–H groups in total. The molecule has 0 unspecified atom stereocenters. The fraction of sp³-hybridized carbons (Fsp3) is 0. The predicted octanol–water partition coefficient (Wildman–Crippen LogP) is 12.4. The predicted molar refractivity (Wildman–Crippen MR) is 209 cm³/mol. The zero-order chi connectivity index (χ0) is 45.5. The minimum Gasteiger partial charge on any atom is -0.311 e. The number of benzene rings is 7. The van der Waals surface area contributed by atoms with Gasteiger partial charge in [-0.1, -0.05) is 133 Å². The van der Waals surface area contributed by atoms with E-state index >= 15 is 0 Å². The van der Waals surface area contributed by atoms with Crippen molar-refractivity contribution in [3.05, 3.63) is 182 Å². The molecule has 0 aliphatic carbocycles. The van der Waals surface area contributed by atoms with E-state index in [9.17, 15) is 5.48 Å². The zero-order valence-electron chi connectivity index (χ0n) is 39.9. The summed E-state index contributed by atoms with van der Waals surface area (Å²) in [6, 6.07) is 19.2. The van der Waals surface area contributed by atoms with Crippen molar-refractivity contribution in [1.29, 1.82) is 0 Å². The molecule has 9 rings (SSSR count). The van der Waals surface area contributed by atoms with Crippen LogP contribution in [0.4, 0.5) is 17.1 Å². The van der Waals surface area contributed by atoms with Gasteiger partial charge in [0.15, 0.2) is 17.5 Å². The van der Waals surface area contributed by atoms with Gasteiger partial charge in [-0.15, -0.1) is 11.3 Å². The lowest BCUT2D eigenvalue weighted by molar-refractivity contribution is 1.08. The van der Waals surface area contributed by atoms with Crippen LogP contribution in [0.25, 0.3) is 65.5 Å². The number of aromatic nitrogens is 3. The first kappa shape index (κ1) is 18.4. The van der Waals surface area contributed by atoms with E-state index in [2.05, 4.69) is 0 Å². The first-order valence-electron chi connectivity index (χ1n) is 22.5. The van der Waals surface area contributed by atoms with Gasteiger partial charge in [0.25, 0.3) is 0 Å². The summed E-state index contributed by atoms with van der Waals surface area (Å²) in [5, 5.41) is 1.66. The van der Waals surface area contributed by atoms with Crippen molar-refractivity contribution in [3.8, 4) is 45.3 Å². The summed E-state index contributed by atoms with van der Waals surface area (Å²) in [5.74, 6) is 1.43. The molecule has 0 amide bonds. The summed E-state index contributed by atoms with van der Waals surface area (Å²) < 4.78 is 124. The van der Waals surface area contributed by atoms with Gasteiger partial charge in [-0.2, -0.15) is 0 Å². The molecule has 4 nitrogen and oxygen atoms in total. The van der Waals surface area contributed by atoms with Gasteiger partial charge in [-0.25, -0.2) is 15.0 Å². The molecule has 0 aliphatic heterocycles. The molecule has 7 aromatic carbocycles. The smallest absolute Gasteiger partial charge is 0.164 e. The van der Waals surface area contributed by atoms with Crippen molar-refractivity contribution < 1.29 is 19.2 Å². The Morgan fingerprint density at radius 3 is 1.60 bits per heavy atom. The standard InChI is InChI=1S/C45H30N4S/c1-5-14-32(15-6-1)43-46-44(33-16-7-2-8-17-33)48-45(47-43)39-22-13-23-40-42(39)38-29-26-34(30-41(38)50-40)31-24-27-37(28-25-31)49(35-18-9-3-10-19-35)36-20-11-4-12-21-36/h1-30H/i3D,4D,9D,10D,11D,12D,18D,19D,20D,21D,24D,25D,27D,28D. The van der Waals surface area contributed by atoms with E-state index in [4.69, 9.17) is 28.7 Å². The number of fused-ring (bicyclic) bond motifs is 3. The molecule has 0 aliphatic rings. The topological polar surface area (TPSA) is 41.9 Å². The fourth-order valence-electron chi connectivity index (χ4n) is 5.70. The molecule has 50 heavy (non-hydrogen) atoms. The molecule has 236 valence electrons. The molecular weight excluding hydrogens is 629 g/mol. The average Bonchev–Trinajstić information content (AvgIpc) is 3.69. The van der Waals surface area contributed by atoms with Crippen LogP contribution >= 0.6 is 11.3 Å². The summed E-state index contributed by atoms with van der Waals surface area (Å²) in [4.78, 5) is 15.3. The van der Waals surface area contributed by atoms with Crippen LogP contribution in [0, 0.1) is 0 Å². The molecule has 2 heterocycles. The number of thiophene rings is 1. The quantitative estimate of drug-likeness (QED) is 0.169. The van der Waals surface area contributed by atoms with Gasteiger partial charge in [-0.05, 0) is 59.5 Å². The van der Waals surface area contributed by atoms with Crippen LogP contribution in [0.5, 0.6) is 0 Å². The van der Waals surface area contributed by atoms with Crippen LogP contribution in [-0.4, -0.2) is 15.0 Å². The Morgan fingerprint density at radius 1 is 0.440 bits per heavy atom. The van der Waals surface area contributed by atoms with Crippen LogP contribution in [0.3, 0.4) is 0 Å². The van der Waals surface area contributed by atoms with Gasteiger partial charge in [0.1, 0.15) is 0 Å². The lowest BCUT2D eigenvalue weighted by Gasteiger charge is -2.25. The Hall–Kier alpha value is -6.43. The molecule has 0 bridgehead atoms. The van der Waals surface area contributed by atoms with Crippen LogP contribution in [-0.2, 0) is 0 Å². The van der Waals surface area contributed by atoms with Crippen molar-refractivity contribution >= 4 is 48.6 Å². The van der Waals surface area contributed by atoms with Crippen molar-refractivity contribution in [3.63, 3.8) is 0 Å². The van der Waals surface area contributed by atoms with E-state index in [1.165, 1.54) is 11.3 Å². The highest BCUT2D eigenvalue weighted by molar-refractivity contribution is 7.26. The molecule has 0 radical (unpaired) electrons. The molecule has 0 saturated heterocycles. The highest BCUT2D eigenvalue weighted by Crippen LogP contribution is 2.42. The van der Waals surface area contributed by atoms with E-state index in [-0.39, 0.29) is 5.56 Å². The summed E-state index contributed by atoms with van der Waals surface area (Å²) >= 11 is 1.44. The number of hydrogen-bond donors (Lipinski definition) is 0. The molecular formula is C45H30N4S. The summed E-state index contributed by atoms with van der Waals surface area (Å²) in [7, 11) is 0. The third kappa shape index (κ3) is 5.60. The van der Waals surface area contributed by atoms with Gasteiger partial charge in [0.2, 0.25) is 0 Å². The van der Waals surface area contributed by atoms with Crippen LogP contribution in [0.2, 0.25) is 0 Å². The molecule has 9 aromatic rings. The fourth-order valence-corrected chi connectivity index (χ4v) is 6.88. The van der Waals surface area contributed by atoms with E-state index in [1.807, 2.05) is 84.9 Å². The second kappa shape index (κ2) is 12.9. The lowest BCUT2D eigenvalue weighted by Crippen LogP contribution is -2.09. The van der Waals surface area contributed by atoms with Crippen molar-refractivity contribution in [2.24, 2.45) is 0 Å². The minimum absolute atomic E-state index is 0.127. The van der Waals surface area contributed by atoms with Crippen LogP contribution < -0.4 is 4.90 Å². The van der Waals surface area contributed by atoms with Gasteiger partial charge in [-0.3, -0.25) is 0 Å². The van der Waals surface area contributed by atoms with Gasteiger partial charge < -0.3 is 4.90 Å². The van der Waals surface area contributed by atoms with E-state index in [1.54, 1.807) is 12.1 Å². The van der Waals surface area contributed by atoms with E-state index in [0.29, 0.717) is 27.9 Å². The van der Waals surface area contributed by atoms with E-state index < -0.39 is 102 Å². The molecule has 0 saturated carbocycles. The molecule has 0 spiro atoms. The minimum atomic E-state index is -0.863. The number of para-hydroxylation sites is 2. The Bertz CT molecular complexity index is 3190. The Balaban J connectivity index is 1.24. The highest BCUT2D eigenvalue weighted by atomic mass is 32.1. The Kier molecular flexibility index (Phi) is 4.73. The summed E-state index contributed by atoms with van der Waals surface area (Å²) in [5.41, 5.74) is 0.387. The summed E-state index contributed by atoms with van der Waals surface area (Å²) in [6.45, 7) is 0. The number of hydrogen-bond acceptors (Lipinski definition) is 5. The largest absolute Gasteiger partial charge is 0.311 e. The third-order valence-electron chi connectivity index (χ3n) is 7.98. The third-order valence-corrected chi connectivity index (χ3v) is 9.10. The lowest BCUT2D eigenvalue weighted by atomic mass is 10.0. The second-order valence-electron chi connectivity index (χ2n) is 11.0. The first-order valence-corrected chi connectivity index (χ1v) is 16.3. The van der Waals surface area contributed by atoms with Gasteiger partial charge in [0.05, 0.1) is 19.2 Å². The SMILES string of the molecule is [2H]c1c([2H])c([2H])c(N(c2c([2H])c([2H])c([2H])c([2H])c2[2H])c2c([2H])c([2H])c(-c3ccc4c(c3)sc3cccc(-c5nc(-c6ccccc6)nc(-c6ccccc6)n5)c34)c([2H])c2[2H])c([2H])c1[2H]. The molecule has 5 heteroatoms. The van der Waals surface area contributed by atoms with Crippen LogP contribution in [0.15, 0.2) is 182 Å². The maximum Gasteiger partial charge on any atom is 0.164 e. The van der Waals surface area contributed by atoms with Crippen molar-refractivity contribution in [1.82, 2.24) is 15.0 Å². The maximum absolute atomic E-state index is 9.31.